The van der Waals surface area contributed by atoms with E-state index in [1.165, 1.54) is 11.4 Å². The zero-order chi connectivity index (χ0) is 14.2. The van der Waals surface area contributed by atoms with E-state index in [-0.39, 0.29) is 15.9 Å². The van der Waals surface area contributed by atoms with Crippen molar-refractivity contribution in [1.82, 2.24) is 19.1 Å². The van der Waals surface area contributed by atoms with Crippen LogP contribution in [0.2, 0.25) is 0 Å². The molecular formula is C10H15N5O2S2. The smallest absolute Gasteiger partial charge is 0.254 e. The van der Waals surface area contributed by atoms with E-state index in [2.05, 4.69) is 10.1 Å². The zero-order valence-corrected chi connectivity index (χ0v) is 12.5. The van der Waals surface area contributed by atoms with Crippen molar-refractivity contribution in [3.8, 4) is 0 Å². The summed E-state index contributed by atoms with van der Waals surface area (Å²) in [6.45, 7) is 1.89. The van der Waals surface area contributed by atoms with Crippen LogP contribution in [-0.4, -0.2) is 34.5 Å². The Morgan fingerprint density at radius 1 is 1.53 bits per heavy atom. The highest BCUT2D eigenvalue weighted by Crippen LogP contribution is 2.27. The third kappa shape index (κ3) is 2.77. The number of hydrogen-bond acceptors (Lipinski definition) is 6. The Bertz CT molecular complexity index is 689. The van der Waals surface area contributed by atoms with Crippen molar-refractivity contribution in [2.45, 2.75) is 17.7 Å². The summed E-state index contributed by atoms with van der Waals surface area (Å²) in [5, 5.41) is 4.27. The number of nitrogen functional groups attached to an aromatic ring is 1. The lowest BCUT2D eigenvalue weighted by Gasteiger charge is -2.15. The lowest BCUT2D eigenvalue weighted by Crippen LogP contribution is -2.26. The molecule has 0 unspecified atom stereocenters. The standard InChI is InChI=1S/C10H15N5O2S2/c1-7-9(18-10(11)13-7)19(16,17)15(3)6-8-4-12-14(2)5-8/h4-5H,6H2,1-3H3,(H2,11,13). The van der Waals surface area contributed by atoms with Gasteiger partial charge < -0.3 is 5.73 Å². The largest absolute Gasteiger partial charge is 0.375 e. The summed E-state index contributed by atoms with van der Waals surface area (Å²) >= 11 is 0.982. The summed E-state index contributed by atoms with van der Waals surface area (Å²) in [7, 11) is -0.256. The van der Waals surface area contributed by atoms with Crippen LogP contribution in [0, 0.1) is 6.92 Å². The van der Waals surface area contributed by atoms with Crippen LogP contribution in [-0.2, 0) is 23.6 Å². The Balaban J connectivity index is 2.27. The molecule has 0 spiro atoms. The monoisotopic (exact) mass is 301 g/mol. The van der Waals surface area contributed by atoms with E-state index in [4.69, 9.17) is 5.73 Å². The number of anilines is 1. The Hall–Kier alpha value is -1.45. The first-order valence-electron chi connectivity index (χ1n) is 5.47. The van der Waals surface area contributed by atoms with Gasteiger partial charge in [-0.05, 0) is 6.92 Å². The summed E-state index contributed by atoms with van der Waals surface area (Å²) < 4.78 is 27.9. The highest BCUT2D eigenvalue weighted by molar-refractivity contribution is 7.91. The summed E-state index contributed by atoms with van der Waals surface area (Å²) in [6.07, 6.45) is 3.42. The fourth-order valence-corrected chi connectivity index (χ4v) is 4.33. The zero-order valence-electron chi connectivity index (χ0n) is 10.9. The quantitative estimate of drug-likeness (QED) is 0.892. The Morgan fingerprint density at radius 3 is 2.68 bits per heavy atom. The van der Waals surface area contributed by atoms with Gasteiger partial charge in [-0.25, -0.2) is 13.4 Å². The summed E-state index contributed by atoms with van der Waals surface area (Å²) in [4.78, 5) is 3.94. The molecule has 0 saturated heterocycles. The molecule has 0 atom stereocenters. The summed E-state index contributed by atoms with van der Waals surface area (Å²) in [5.74, 6) is 0. The minimum absolute atomic E-state index is 0.191. The average Bonchev–Trinajstić information content (AvgIpc) is 2.85. The molecule has 0 amide bonds. The number of nitrogens with two attached hydrogens (primary N) is 1. The second-order valence-electron chi connectivity index (χ2n) is 4.21. The predicted molar refractivity (Wildman–Crippen MR) is 73.1 cm³/mol. The third-order valence-electron chi connectivity index (χ3n) is 2.58. The van der Waals surface area contributed by atoms with Gasteiger partial charge in [0.1, 0.15) is 0 Å². The van der Waals surface area contributed by atoms with Crippen LogP contribution in [0.25, 0.3) is 0 Å². The molecule has 0 saturated carbocycles. The van der Waals surface area contributed by atoms with Crippen LogP contribution in [0.5, 0.6) is 0 Å². The summed E-state index contributed by atoms with van der Waals surface area (Å²) in [6, 6.07) is 0. The van der Waals surface area contributed by atoms with E-state index in [1.807, 2.05) is 0 Å². The van der Waals surface area contributed by atoms with E-state index >= 15 is 0 Å². The van der Waals surface area contributed by atoms with E-state index in [9.17, 15) is 8.42 Å². The van der Waals surface area contributed by atoms with Crippen molar-refractivity contribution in [2.24, 2.45) is 7.05 Å². The van der Waals surface area contributed by atoms with Crippen molar-refractivity contribution in [3.05, 3.63) is 23.7 Å². The minimum Gasteiger partial charge on any atom is -0.375 e. The molecule has 19 heavy (non-hydrogen) atoms. The molecule has 0 radical (unpaired) electrons. The number of hydrogen-bond donors (Lipinski definition) is 1. The molecule has 0 aliphatic rings. The number of sulfonamides is 1. The summed E-state index contributed by atoms with van der Waals surface area (Å²) in [5.41, 5.74) is 6.80. The Kier molecular flexibility index (Phi) is 3.61. The highest BCUT2D eigenvalue weighted by Gasteiger charge is 2.26. The number of aryl methyl sites for hydroxylation is 2. The molecule has 0 aromatic carbocycles. The van der Waals surface area contributed by atoms with Crippen LogP contribution < -0.4 is 5.73 Å². The van der Waals surface area contributed by atoms with Crippen LogP contribution >= 0.6 is 11.3 Å². The second kappa shape index (κ2) is 4.91. The van der Waals surface area contributed by atoms with Crippen LogP contribution in [0.15, 0.2) is 16.6 Å². The number of aromatic nitrogens is 3. The molecule has 0 aliphatic heterocycles. The van der Waals surface area contributed by atoms with E-state index in [1.54, 1.807) is 31.0 Å². The molecule has 7 nitrogen and oxygen atoms in total. The first-order chi connectivity index (χ1) is 8.80. The molecule has 2 heterocycles. The first-order valence-corrected chi connectivity index (χ1v) is 7.73. The average molecular weight is 301 g/mol. The van der Waals surface area contributed by atoms with Gasteiger partial charge >= 0.3 is 0 Å². The van der Waals surface area contributed by atoms with E-state index < -0.39 is 10.0 Å². The van der Waals surface area contributed by atoms with Crippen molar-refractivity contribution >= 4 is 26.5 Å². The number of rotatable bonds is 4. The van der Waals surface area contributed by atoms with Gasteiger partial charge in [-0.15, -0.1) is 0 Å². The van der Waals surface area contributed by atoms with E-state index in [0.717, 1.165) is 16.9 Å². The van der Waals surface area contributed by atoms with Gasteiger partial charge in [-0.1, -0.05) is 11.3 Å². The van der Waals surface area contributed by atoms with Gasteiger partial charge in [-0.3, -0.25) is 4.68 Å². The van der Waals surface area contributed by atoms with Gasteiger partial charge in [0, 0.05) is 32.4 Å². The molecule has 2 rings (SSSR count). The molecule has 2 aromatic heterocycles. The SMILES string of the molecule is Cc1nc(N)sc1S(=O)(=O)N(C)Cc1cnn(C)c1. The molecule has 0 bridgehead atoms. The molecule has 2 N–H and O–H groups in total. The van der Waals surface area contributed by atoms with Gasteiger partial charge in [-0.2, -0.15) is 9.40 Å². The minimum atomic E-state index is -3.57. The number of thiazole rings is 1. The van der Waals surface area contributed by atoms with Crippen molar-refractivity contribution < 1.29 is 8.42 Å². The molecule has 0 fully saturated rings. The van der Waals surface area contributed by atoms with Crippen molar-refractivity contribution in [3.63, 3.8) is 0 Å². The maximum absolute atomic E-state index is 12.4. The molecule has 0 aliphatic carbocycles. The number of nitrogens with zero attached hydrogens (tertiary/aromatic N) is 4. The third-order valence-corrected chi connectivity index (χ3v) is 5.96. The molecule has 104 valence electrons. The maximum Gasteiger partial charge on any atom is 0.254 e. The predicted octanol–water partition coefficient (Wildman–Crippen LogP) is 0.588. The van der Waals surface area contributed by atoms with Gasteiger partial charge in [0.2, 0.25) is 0 Å². The van der Waals surface area contributed by atoms with Crippen LogP contribution in [0.4, 0.5) is 5.13 Å². The lowest BCUT2D eigenvalue weighted by molar-refractivity contribution is 0.468. The Labute approximate surface area is 115 Å². The van der Waals surface area contributed by atoms with Gasteiger partial charge in [0.05, 0.1) is 11.9 Å². The maximum atomic E-state index is 12.4. The van der Waals surface area contributed by atoms with Crippen molar-refractivity contribution in [1.29, 1.82) is 0 Å². The molecular weight excluding hydrogens is 286 g/mol. The second-order valence-corrected chi connectivity index (χ2v) is 7.48. The normalized spacial score (nSPS) is 12.2. The van der Waals surface area contributed by atoms with Crippen LogP contribution in [0.1, 0.15) is 11.3 Å². The molecule has 9 heteroatoms. The van der Waals surface area contributed by atoms with Gasteiger partial charge in [0.15, 0.2) is 9.34 Å². The fourth-order valence-electron chi connectivity index (χ4n) is 1.68. The fraction of sp³-hybridized carbons (Fsp3) is 0.400. The Morgan fingerprint density at radius 2 is 2.21 bits per heavy atom. The van der Waals surface area contributed by atoms with E-state index in [0.29, 0.717) is 5.69 Å². The van der Waals surface area contributed by atoms with Gasteiger partial charge in [0.25, 0.3) is 10.0 Å². The molecule has 2 aromatic rings. The van der Waals surface area contributed by atoms with Crippen molar-refractivity contribution in [2.75, 3.05) is 12.8 Å². The topological polar surface area (TPSA) is 94.1 Å². The highest BCUT2D eigenvalue weighted by atomic mass is 32.2. The lowest BCUT2D eigenvalue weighted by atomic mass is 10.4. The van der Waals surface area contributed by atoms with Crippen LogP contribution in [0.3, 0.4) is 0 Å². The first kappa shape index (κ1) is 14.0.